The van der Waals surface area contributed by atoms with E-state index >= 15 is 0 Å². The van der Waals surface area contributed by atoms with Crippen LogP contribution in [-0.2, 0) is 5.41 Å². The van der Waals surface area contributed by atoms with Gasteiger partial charge in [0.05, 0.1) is 11.9 Å². The molecule has 2 aliphatic rings. The van der Waals surface area contributed by atoms with E-state index in [9.17, 15) is 4.39 Å². The van der Waals surface area contributed by atoms with Crippen molar-refractivity contribution in [3.8, 4) is 0 Å². The minimum Gasteiger partial charge on any atom is -0.362 e. The number of pyridine rings is 1. The second-order valence-electron chi connectivity index (χ2n) is 8.61. The molecule has 1 aromatic heterocycles. The molecule has 2 fully saturated rings. The summed E-state index contributed by atoms with van der Waals surface area (Å²) < 4.78 is 13.4. The predicted molar refractivity (Wildman–Crippen MR) is 126 cm³/mol. The summed E-state index contributed by atoms with van der Waals surface area (Å²) in [5.74, 6) is 0.857. The first-order chi connectivity index (χ1) is 14.6. The van der Waals surface area contributed by atoms with Gasteiger partial charge in [-0.05, 0) is 67.7 Å². The van der Waals surface area contributed by atoms with E-state index in [1.54, 1.807) is 12.1 Å². The summed E-state index contributed by atoms with van der Waals surface area (Å²) in [5, 5.41) is 7.27. The van der Waals surface area contributed by atoms with E-state index in [0.717, 1.165) is 44.0 Å². The third-order valence-corrected chi connectivity index (χ3v) is 6.79. The molecule has 6 heteroatoms. The third-order valence-electron chi connectivity index (χ3n) is 6.54. The highest BCUT2D eigenvalue weighted by molar-refractivity contribution is 7.80. The molecule has 1 aromatic carbocycles. The minimum absolute atomic E-state index is 0.0221. The molecule has 30 heavy (non-hydrogen) atoms. The van der Waals surface area contributed by atoms with Gasteiger partial charge in [-0.2, -0.15) is 0 Å². The SMILES string of the molecule is Fc1ccc(C2(CNC(=S)Nc3ccc(N4CCCCCC4)nc3)CCCC2)cc1. The average molecular weight is 427 g/mol. The van der Waals surface area contributed by atoms with Crippen LogP contribution in [0.5, 0.6) is 0 Å². The summed E-state index contributed by atoms with van der Waals surface area (Å²) >= 11 is 5.55. The Morgan fingerprint density at radius 1 is 0.967 bits per heavy atom. The molecule has 1 aliphatic carbocycles. The molecule has 2 heterocycles. The number of aromatic nitrogens is 1. The Labute approximate surface area is 184 Å². The summed E-state index contributed by atoms with van der Waals surface area (Å²) in [6, 6.07) is 11.1. The fourth-order valence-electron chi connectivity index (χ4n) is 4.79. The zero-order valence-corrected chi connectivity index (χ0v) is 18.3. The van der Waals surface area contributed by atoms with Crippen molar-refractivity contribution in [3.63, 3.8) is 0 Å². The predicted octanol–water partition coefficient (Wildman–Crippen LogP) is 5.40. The second kappa shape index (κ2) is 9.73. The Bertz CT molecular complexity index is 823. The molecular weight excluding hydrogens is 395 g/mol. The van der Waals surface area contributed by atoms with Crippen LogP contribution in [0.1, 0.15) is 56.9 Å². The maximum Gasteiger partial charge on any atom is 0.170 e. The van der Waals surface area contributed by atoms with Gasteiger partial charge in [0.2, 0.25) is 0 Å². The average Bonchev–Trinajstić information content (AvgIpc) is 3.08. The van der Waals surface area contributed by atoms with Gasteiger partial charge in [-0.15, -0.1) is 0 Å². The first-order valence-electron chi connectivity index (χ1n) is 11.2. The zero-order valence-electron chi connectivity index (χ0n) is 17.5. The highest BCUT2D eigenvalue weighted by atomic mass is 32.1. The van der Waals surface area contributed by atoms with E-state index < -0.39 is 0 Å². The Balaban J connectivity index is 1.34. The number of rotatable bonds is 5. The van der Waals surface area contributed by atoms with Crippen molar-refractivity contribution in [2.45, 2.75) is 56.8 Å². The van der Waals surface area contributed by atoms with Crippen LogP contribution >= 0.6 is 12.2 Å². The molecule has 0 spiro atoms. The summed E-state index contributed by atoms with van der Waals surface area (Å²) in [6.07, 6.45) is 11.6. The topological polar surface area (TPSA) is 40.2 Å². The van der Waals surface area contributed by atoms with Crippen LogP contribution in [0.3, 0.4) is 0 Å². The molecule has 1 aliphatic heterocycles. The molecule has 0 amide bonds. The third kappa shape index (κ3) is 5.09. The van der Waals surface area contributed by atoms with Gasteiger partial charge in [-0.25, -0.2) is 9.37 Å². The standard InChI is InChI=1S/C24H31FN4S/c25-20-9-7-19(8-10-20)24(13-3-4-14-24)18-27-23(30)28-21-11-12-22(26-17-21)29-15-5-1-2-6-16-29/h7-12,17H,1-6,13-16,18H2,(H2,27,28,30). The molecule has 0 radical (unpaired) electrons. The maximum atomic E-state index is 13.4. The van der Waals surface area contributed by atoms with Crippen molar-refractivity contribution >= 4 is 28.8 Å². The number of nitrogens with zero attached hydrogens (tertiary/aromatic N) is 2. The molecule has 4 rings (SSSR count). The van der Waals surface area contributed by atoms with Crippen LogP contribution in [0.25, 0.3) is 0 Å². The molecule has 0 unspecified atom stereocenters. The second-order valence-corrected chi connectivity index (χ2v) is 9.02. The van der Waals surface area contributed by atoms with Gasteiger partial charge in [-0.1, -0.05) is 37.8 Å². The van der Waals surface area contributed by atoms with Crippen LogP contribution in [0.2, 0.25) is 0 Å². The number of thiocarbonyl (C=S) groups is 1. The molecular formula is C24H31FN4S. The van der Waals surface area contributed by atoms with Gasteiger partial charge in [-0.3, -0.25) is 0 Å². The molecule has 1 saturated carbocycles. The van der Waals surface area contributed by atoms with E-state index in [1.807, 2.05) is 24.4 Å². The highest BCUT2D eigenvalue weighted by Gasteiger charge is 2.35. The smallest absolute Gasteiger partial charge is 0.170 e. The lowest BCUT2D eigenvalue weighted by Gasteiger charge is -2.30. The quantitative estimate of drug-likeness (QED) is 0.627. The van der Waals surface area contributed by atoms with Crippen LogP contribution < -0.4 is 15.5 Å². The summed E-state index contributed by atoms with van der Waals surface area (Å²) in [6.45, 7) is 2.93. The normalized spacial score (nSPS) is 18.6. The van der Waals surface area contributed by atoms with Crippen molar-refractivity contribution in [2.75, 3.05) is 29.9 Å². The van der Waals surface area contributed by atoms with Crippen molar-refractivity contribution < 1.29 is 4.39 Å². The van der Waals surface area contributed by atoms with Gasteiger partial charge in [0, 0.05) is 25.0 Å². The Kier molecular flexibility index (Phi) is 6.82. The van der Waals surface area contributed by atoms with Crippen LogP contribution in [-0.4, -0.2) is 29.7 Å². The molecule has 4 nitrogen and oxygen atoms in total. The Morgan fingerprint density at radius 2 is 1.67 bits per heavy atom. The van der Waals surface area contributed by atoms with Crippen LogP contribution in [0.15, 0.2) is 42.6 Å². The molecule has 0 bridgehead atoms. The lowest BCUT2D eigenvalue weighted by Crippen LogP contribution is -2.40. The van der Waals surface area contributed by atoms with Crippen molar-refractivity contribution in [3.05, 3.63) is 54.0 Å². The van der Waals surface area contributed by atoms with E-state index in [0.29, 0.717) is 5.11 Å². The van der Waals surface area contributed by atoms with Gasteiger partial charge in [0.1, 0.15) is 11.6 Å². The fourth-order valence-corrected chi connectivity index (χ4v) is 4.98. The van der Waals surface area contributed by atoms with Crippen molar-refractivity contribution in [2.24, 2.45) is 0 Å². The first kappa shape index (κ1) is 21.0. The Hall–Kier alpha value is -2.21. The van der Waals surface area contributed by atoms with Gasteiger partial charge < -0.3 is 15.5 Å². The number of nitrogens with one attached hydrogen (secondary N) is 2. The highest BCUT2D eigenvalue weighted by Crippen LogP contribution is 2.40. The van der Waals surface area contributed by atoms with Gasteiger partial charge >= 0.3 is 0 Å². The van der Waals surface area contributed by atoms with E-state index in [2.05, 4.69) is 26.6 Å². The van der Waals surface area contributed by atoms with Gasteiger partial charge in [0.15, 0.2) is 5.11 Å². The first-order valence-corrected chi connectivity index (χ1v) is 11.6. The number of anilines is 2. The lowest BCUT2D eigenvalue weighted by molar-refractivity contribution is 0.434. The Morgan fingerprint density at radius 3 is 2.30 bits per heavy atom. The largest absolute Gasteiger partial charge is 0.362 e. The number of hydrogen-bond donors (Lipinski definition) is 2. The van der Waals surface area contributed by atoms with Crippen LogP contribution in [0, 0.1) is 5.82 Å². The van der Waals surface area contributed by atoms with E-state index in [-0.39, 0.29) is 11.2 Å². The number of halogens is 1. The van der Waals surface area contributed by atoms with Crippen molar-refractivity contribution in [1.82, 2.24) is 10.3 Å². The van der Waals surface area contributed by atoms with E-state index in [4.69, 9.17) is 12.2 Å². The summed E-state index contributed by atoms with van der Waals surface area (Å²) in [7, 11) is 0. The molecule has 2 aromatic rings. The lowest BCUT2D eigenvalue weighted by atomic mass is 9.79. The minimum atomic E-state index is -0.187. The zero-order chi connectivity index (χ0) is 20.8. The molecule has 2 N–H and O–H groups in total. The van der Waals surface area contributed by atoms with Crippen LogP contribution in [0.4, 0.5) is 15.9 Å². The maximum absolute atomic E-state index is 13.4. The molecule has 160 valence electrons. The summed E-state index contributed by atoms with van der Waals surface area (Å²) in [4.78, 5) is 7.02. The number of hydrogen-bond acceptors (Lipinski definition) is 3. The van der Waals surface area contributed by atoms with Crippen molar-refractivity contribution in [1.29, 1.82) is 0 Å². The summed E-state index contributed by atoms with van der Waals surface area (Å²) in [5.41, 5.74) is 2.11. The molecule has 1 saturated heterocycles. The monoisotopic (exact) mass is 426 g/mol. The van der Waals surface area contributed by atoms with E-state index in [1.165, 1.54) is 44.1 Å². The fraction of sp³-hybridized carbons (Fsp3) is 0.500. The van der Waals surface area contributed by atoms with Gasteiger partial charge in [0.25, 0.3) is 0 Å². The number of benzene rings is 1. The molecule has 0 atom stereocenters.